The van der Waals surface area contributed by atoms with E-state index in [0.717, 1.165) is 62.8 Å². The highest BCUT2D eigenvalue weighted by Crippen LogP contribution is 2.29. The second-order valence-corrected chi connectivity index (χ2v) is 9.32. The van der Waals surface area contributed by atoms with Gasteiger partial charge in [-0.3, -0.25) is 0 Å². The first-order valence-corrected chi connectivity index (χ1v) is 12.9. The molecule has 3 rings (SSSR count). The van der Waals surface area contributed by atoms with Gasteiger partial charge in [0.1, 0.15) is 29.2 Å². The SMILES string of the molecule is COCCN(CCCCc1ccc2c(n1)NCCC2)CC[C@H](Nc1cc(C(F)(F)F)nc(C)n1)C(=O)OC. The summed E-state index contributed by atoms with van der Waals surface area (Å²) >= 11 is 0. The second kappa shape index (κ2) is 14.2. The topological polar surface area (TPSA) is 102 Å². The number of carbonyl (C=O) groups is 1. The van der Waals surface area contributed by atoms with Crippen LogP contribution in [0.25, 0.3) is 0 Å². The summed E-state index contributed by atoms with van der Waals surface area (Å²) < 4.78 is 49.7. The van der Waals surface area contributed by atoms with E-state index in [1.165, 1.54) is 19.6 Å². The van der Waals surface area contributed by atoms with Crippen LogP contribution in [0.4, 0.5) is 24.8 Å². The Morgan fingerprint density at radius 3 is 2.71 bits per heavy atom. The number of ether oxygens (including phenoxy) is 2. The molecule has 0 amide bonds. The smallest absolute Gasteiger partial charge is 0.433 e. The molecule has 2 aromatic heterocycles. The van der Waals surface area contributed by atoms with Crippen LogP contribution in [0.5, 0.6) is 0 Å². The third kappa shape index (κ3) is 9.09. The van der Waals surface area contributed by atoms with Gasteiger partial charge < -0.3 is 25.0 Å². The molecule has 12 heteroatoms. The monoisotopic (exact) mass is 538 g/mol. The molecule has 1 aliphatic rings. The van der Waals surface area contributed by atoms with Crippen molar-refractivity contribution < 1.29 is 27.4 Å². The summed E-state index contributed by atoms with van der Waals surface area (Å²) in [6.45, 7) is 4.82. The molecule has 0 unspecified atom stereocenters. The Bertz CT molecular complexity index is 1050. The fraction of sp³-hybridized carbons (Fsp3) is 0.615. The van der Waals surface area contributed by atoms with Crippen molar-refractivity contribution in [1.29, 1.82) is 0 Å². The van der Waals surface area contributed by atoms with Crippen molar-refractivity contribution in [3.8, 4) is 0 Å². The van der Waals surface area contributed by atoms with E-state index >= 15 is 0 Å². The zero-order valence-electron chi connectivity index (χ0n) is 22.2. The van der Waals surface area contributed by atoms with E-state index in [0.29, 0.717) is 26.1 Å². The van der Waals surface area contributed by atoms with Gasteiger partial charge in [0.15, 0.2) is 0 Å². The van der Waals surface area contributed by atoms with Crippen molar-refractivity contribution >= 4 is 17.6 Å². The number of halogens is 3. The number of esters is 1. The fourth-order valence-electron chi connectivity index (χ4n) is 4.37. The van der Waals surface area contributed by atoms with Crippen LogP contribution in [0.15, 0.2) is 18.2 Å². The summed E-state index contributed by atoms with van der Waals surface area (Å²) in [4.78, 5) is 26.8. The van der Waals surface area contributed by atoms with E-state index < -0.39 is 23.9 Å². The Morgan fingerprint density at radius 2 is 1.97 bits per heavy atom. The normalized spacial score (nSPS) is 14.1. The maximum atomic E-state index is 13.2. The van der Waals surface area contributed by atoms with E-state index in [-0.39, 0.29) is 11.6 Å². The lowest BCUT2D eigenvalue weighted by molar-refractivity contribution is -0.142. The summed E-state index contributed by atoms with van der Waals surface area (Å²) in [5.74, 6) is 0.305. The predicted molar refractivity (Wildman–Crippen MR) is 138 cm³/mol. The molecule has 0 spiro atoms. The number of hydrogen-bond donors (Lipinski definition) is 2. The first-order valence-electron chi connectivity index (χ1n) is 12.9. The van der Waals surface area contributed by atoms with Crippen molar-refractivity contribution in [1.82, 2.24) is 19.9 Å². The van der Waals surface area contributed by atoms with Crippen LogP contribution >= 0.6 is 0 Å². The summed E-state index contributed by atoms with van der Waals surface area (Å²) in [5.41, 5.74) is 1.27. The quantitative estimate of drug-likeness (QED) is 0.274. The standard InChI is InChI=1S/C26H37F3N6O3/c1-18-31-22(26(27,28)29)17-23(32-18)34-21(25(36)38-3)11-14-35(15-16-37-2)13-5-4-8-20-10-9-19-7-6-12-30-24(19)33-20/h9-10,17,21H,4-8,11-16H2,1-3H3,(H,30,33)(H,31,32,34)/t21-/m0/s1. The average Bonchev–Trinajstić information content (AvgIpc) is 2.89. The number of alkyl halides is 3. The number of fused-ring (bicyclic) bond motifs is 1. The Morgan fingerprint density at radius 1 is 1.16 bits per heavy atom. The summed E-state index contributed by atoms with van der Waals surface area (Å²) in [6.07, 6.45) is 0.636. The van der Waals surface area contributed by atoms with Gasteiger partial charge in [-0.2, -0.15) is 13.2 Å². The lowest BCUT2D eigenvalue weighted by Gasteiger charge is -2.25. The van der Waals surface area contributed by atoms with Gasteiger partial charge in [0.2, 0.25) is 0 Å². The van der Waals surface area contributed by atoms with Gasteiger partial charge in [-0.1, -0.05) is 6.07 Å². The molecule has 0 fully saturated rings. The number of nitrogens with one attached hydrogen (secondary N) is 2. The molecule has 1 atom stereocenters. The molecule has 0 radical (unpaired) electrons. The molecule has 2 N–H and O–H groups in total. The molecular formula is C26H37F3N6O3. The van der Waals surface area contributed by atoms with Crippen molar-refractivity contribution in [3.05, 3.63) is 41.0 Å². The van der Waals surface area contributed by atoms with Crippen LogP contribution in [-0.4, -0.2) is 78.9 Å². The molecule has 210 valence electrons. The highest BCUT2D eigenvalue weighted by molar-refractivity contribution is 5.78. The van der Waals surface area contributed by atoms with Crippen molar-refractivity contribution in [2.24, 2.45) is 0 Å². The van der Waals surface area contributed by atoms with Crippen LogP contribution in [0.2, 0.25) is 0 Å². The molecule has 0 saturated heterocycles. The zero-order valence-corrected chi connectivity index (χ0v) is 22.2. The van der Waals surface area contributed by atoms with Gasteiger partial charge >= 0.3 is 12.1 Å². The number of hydrogen-bond acceptors (Lipinski definition) is 9. The van der Waals surface area contributed by atoms with Gasteiger partial charge in [-0.25, -0.2) is 19.7 Å². The van der Waals surface area contributed by atoms with E-state index in [1.807, 2.05) is 0 Å². The minimum absolute atomic E-state index is 0.0446. The molecule has 0 aliphatic carbocycles. The molecule has 0 bridgehead atoms. The van der Waals surface area contributed by atoms with Crippen molar-refractivity contribution in [2.45, 2.75) is 57.7 Å². The lowest BCUT2D eigenvalue weighted by atomic mass is 10.1. The average molecular weight is 539 g/mol. The van der Waals surface area contributed by atoms with E-state index in [4.69, 9.17) is 14.5 Å². The third-order valence-electron chi connectivity index (χ3n) is 6.39. The number of carbonyl (C=O) groups excluding carboxylic acids is 1. The maximum absolute atomic E-state index is 13.2. The number of nitrogens with zero attached hydrogens (tertiary/aromatic N) is 4. The van der Waals surface area contributed by atoms with Crippen molar-refractivity contribution in [3.63, 3.8) is 0 Å². The van der Waals surface area contributed by atoms with E-state index in [2.05, 4.69) is 37.6 Å². The molecule has 0 saturated carbocycles. The first kappa shape index (κ1) is 29.6. The van der Waals surface area contributed by atoms with Gasteiger partial charge in [-0.05, 0) is 63.6 Å². The Hall–Kier alpha value is -2.99. The van der Waals surface area contributed by atoms with E-state index in [1.54, 1.807) is 7.11 Å². The van der Waals surface area contributed by atoms with Crippen molar-refractivity contribution in [2.75, 3.05) is 57.6 Å². The molecule has 0 aromatic carbocycles. The summed E-state index contributed by atoms with van der Waals surface area (Å²) in [7, 11) is 2.87. The van der Waals surface area contributed by atoms with Crippen LogP contribution in [0.3, 0.4) is 0 Å². The Labute approximate surface area is 221 Å². The lowest BCUT2D eigenvalue weighted by Crippen LogP contribution is -2.37. The molecule has 2 aromatic rings. The predicted octanol–water partition coefficient (Wildman–Crippen LogP) is 3.87. The first-order chi connectivity index (χ1) is 18.2. The van der Waals surface area contributed by atoms with Crippen LogP contribution < -0.4 is 10.6 Å². The molecular weight excluding hydrogens is 501 g/mol. The minimum atomic E-state index is -4.62. The Balaban J connectivity index is 1.55. The van der Waals surface area contributed by atoms with Crippen LogP contribution in [0.1, 0.15) is 48.5 Å². The Kier molecular flexibility index (Phi) is 11.1. The zero-order chi connectivity index (χ0) is 27.5. The van der Waals surface area contributed by atoms with Gasteiger partial charge in [-0.15, -0.1) is 0 Å². The molecule has 9 nitrogen and oxygen atoms in total. The van der Waals surface area contributed by atoms with E-state index in [9.17, 15) is 18.0 Å². The molecule has 1 aliphatic heterocycles. The molecule has 3 heterocycles. The number of aryl methyl sites for hydroxylation is 3. The number of anilines is 2. The minimum Gasteiger partial charge on any atom is -0.467 e. The number of methoxy groups -OCH3 is 2. The highest BCUT2D eigenvalue weighted by Gasteiger charge is 2.34. The molecule has 38 heavy (non-hydrogen) atoms. The fourth-order valence-corrected chi connectivity index (χ4v) is 4.37. The maximum Gasteiger partial charge on any atom is 0.433 e. The third-order valence-corrected chi connectivity index (χ3v) is 6.39. The van der Waals surface area contributed by atoms with Gasteiger partial charge in [0.25, 0.3) is 0 Å². The summed E-state index contributed by atoms with van der Waals surface area (Å²) in [6, 6.07) is 4.19. The van der Waals surface area contributed by atoms with Crippen LogP contribution in [0, 0.1) is 6.92 Å². The van der Waals surface area contributed by atoms with Crippen LogP contribution in [-0.2, 0) is 33.3 Å². The number of aromatic nitrogens is 3. The van der Waals surface area contributed by atoms with Gasteiger partial charge in [0.05, 0.1) is 13.7 Å². The second-order valence-electron chi connectivity index (χ2n) is 9.32. The number of pyridine rings is 1. The largest absolute Gasteiger partial charge is 0.467 e. The van der Waals surface area contributed by atoms with Gasteiger partial charge in [0, 0.05) is 38.5 Å². The highest BCUT2D eigenvalue weighted by atomic mass is 19.4. The number of unbranched alkanes of at least 4 members (excludes halogenated alkanes) is 1. The summed E-state index contributed by atoms with van der Waals surface area (Å²) in [5, 5.41) is 6.18. The number of rotatable bonds is 14.